The third-order valence-electron chi connectivity index (χ3n) is 2.77. The van der Waals surface area contributed by atoms with E-state index in [1.54, 1.807) is 29.5 Å². The van der Waals surface area contributed by atoms with Crippen molar-refractivity contribution in [2.24, 2.45) is 0 Å². The maximum Gasteiger partial charge on any atom is 0.244 e. The Morgan fingerprint density at radius 1 is 1.30 bits per heavy atom. The Balaban J connectivity index is 1.98. The van der Waals surface area contributed by atoms with Crippen molar-refractivity contribution in [2.45, 2.75) is 13.0 Å². The van der Waals surface area contributed by atoms with Crippen molar-refractivity contribution in [3.05, 3.63) is 62.3 Å². The van der Waals surface area contributed by atoms with Gasteiger partial charge < -0.3 is 5.32 Å². The van der Waals surface area contributed by atoms with Gasteiger partial charge in [-0.15, -0.1) is 0 Å². The van der Waals surface area contributed by atoms with Gasteiger partial charge in [0.2, 0.25) is 5.91 Å². The molecule has 2 aromatic rings. The average molecular weight is 326 g/mol. The third-order valence-corrected chi connectivity index (χ3v) is 4.21. The molecule has 1 amide bonds. The number of carbonyl (C=O) groups is 1. The highest BCUT2D eigenvalue weighted by molar-refractivity contribution is 7.08. The fourth-order valence-electron chi connectivity index (χ4n) is 1.67. The van der Waals surface area contributed by atoms with E-state index in [1.807, 2.05) is 29.8 Å². The monoisotopic (exact) mass is 325 g/mol. The van der Waals surface area contributed by atoms with E-state index in [-0.39, 0.29) is 11.9 Å². The van der Waals surface area contributed by atoms with E-state index < -0.39 is 0 Å². The van der Waals surface area contributed by atoms with E-state index in [0.717, 1.165) is 11.1 Å². The highest BCUT2D eigenvalue weighted by atomic mass is 35.5. The lowest BCUT2D eigenvalue weighted by atomic mass is 10.1. The van der Waals surface area contributed by atoms with Crippen molar-refractivity contribution in [1.82, 2.24) is 5.32 Å². The quantitative estimate of drug-likeness (QED) is 0.792. The lowest BCUT2D eigenvalue weighted by molar-refractivity contribution is -0.117. The molecule has 0 aliphatic heterocycles. The number of carbonyl (C=O) groups excluding carboxylic acids is 1. The Hall–Kier alpha value is -1.29. The second-order valence-electron chi connectivity index (χ2n) is 4.29. The van der Waals surface area contributed by atoms with Gasteiger partial charge in [0.25, 0.3) is 0 Å². The molecule has 2 rings (SSSR count). The predicted octanol–water partition coefficient (Wildman–Crippen LogP) is 4.95. The summed E-state index contributed by atoms with van der Waals surface area (Å²) in [5, 5.41) is 7.82. The highest BCUT2D eigenvalue weighted by Gasteiger charge is 2.09. The summed E-state index contributed by atoms with van der Waals surface area (Å²) < 4.78 is 0. The molecular formula is C15H13Cl2NOS. The highest BCUT2D eigenvalue weighted by Crippen LogP contribution is 2.25. The molecule has 0 aliphatic rings. The van der Waals surface area contributed by atoms with Gasteiger partial charge in [-0.1, -0.05) is 29.3 Å². The molecule has 0 saturated carbocycles. The molecular weight excluding hydrogens is 313 g/mol. The minimum atomic E-state index is -0.144. The van der Waals surface area contributed by atoms with E-state index in [9.17, 15) is 4.79 Å². The molecule has 0 fully saturated rings. The summed E-state index contributed by atoms with van der Waals surface area (Å²) in [5.41, 5.74) is 1.93. The zero-order chi connectivity index (χ0) is 14.5. The molecule has 2 nitrogen and oxygen atoms in total. The number of thiophene rings is 1. The standard InChI is InChI=1S/C15H13Cl2NOS/c1-10(12-3-4-13(16)14(17)8-12)18-15(19)5-2-11-6-7-20-9-11/h2-10H,1H3,(H,18,19)/b5-2+. The molecule has 20 heavy (non-hydrogen) atoms. The molecule has 1 N–H and O–H groups in total. The second-order valence-corrected chi connectivity index (χ2v) is 5.89. The molecule has 5 heteroatoms. The first-order valence-electron chi connectivity index (χ1n) is 6.02. The number of benzene rings is 1. The number of hydrogen-bond acceptors (Lipinski definition) is 2. The van der Waals surface area contributed by atoms with Gasteiger partial charge in [0.05, 0.1) is 16.1 Å². The summed E-state index contributed by atoms with van der Waals surface area (Å²) >= 11 is 13.4. The number of hydrogen-bond donors (Lipinski definition) is 1. The van der Waals surface area contributed by atoms with Crippen LogP contribution >= 0.6 is 34.5 Å². The summed E-state index contributed by atoms with van der Waals surface area (Å²) in [4.78, 5) is 11.8. The van der Waals surface area contributed by atoms with Crippen molar-refractivity contribution in [3.8, 4) is 0 Å². The van der Waals surface area contributed by atoms with Gasteiger partial charge in [-0.3, -0.25) is 4.79 Å². The van der Waals surface area contributed by atoms with Crippen LogP contribution in [-0.4, -0.2) is 5.91 Å². The fraction of sp³-hybridized carbons (Fsp3) is 0.133. The van der Waals surface area contributed by atoms with Crippen LogP contribution in [0.2, 0.25) is 10.0 Å². The number of halogens is 2. The van der Waals surface area contributed by atoms with E-state index in [2.05, 4.69) is 5.32 Å². The zero-order valence-electron chi connectivity index (χ0n) is 10.8. The van der Waals surface area contributed by atoms with E-state index >= 15 is 0 Å². The molecule has 0 spiro atoms. The first-order valence-corrected chi connectivity index (χ1v) is 7.72. The summed E-state index contributed by atoms with van der Waals surface area (Å²) in [6, 6.07) is 7.16. The van der Waals surface area contributed by atoms with Gasteiger partial charge in [-0.05, 0) is 53.1 Å². The lowest BCUT2D eigenvalue weighted by Crippen LogP contribution is -2.24. The van der Waals surface area contributed by atoms with E-state index in [1.165, 1.54) is 6.08 Å². The SMILES string of the molecule is CC(NC(=O)/C=C/c1ccsc1)c1ccc(Cl)c(Cl)c1. The van der Waals surface area contributed by atoms with Crippen LogP contribution in [0.25, 0.3) is 6.08 Å². The first-order chi connectivity index (χ1) is 9.56. The Bertz CT molecular complexity index is 623. The van der Waals surface area contributed by atoms with Crippen molar-refractivity contribution >= 4 is 46.5 Å². The van der Waals surface area contributed by atoms with Crippen LogP contribution in [0.5, 0.6) is 0 Å². The van der Waals surface area contributed by atoms with Crippen LogP contribution in [0.1, 0.15) is 24.1 Å². The Morgan fingerprint density at radius 2 is 2.10 bits per heavy atom. The summed E-state index contributed by atoms with van der Waals surface area (Å²) in [6.45, 7) is 1.90. The van der Waals surface area contributed by atoms with Gasteiger partial charge in [0.1, 0.15) is 0 Å². The van der Waals surface area contributed by atoms with Crippen LogP contribution in [0.3, 0.4) is 0 Å². The van der Waals surface area contributed by atoms with Gasteiger partial charge in [0.15, 0.2) is 0 Å². The van der Waals surface area contributed by atoms with Crippen molar-refractivity contribution in [2.75, 3.05) is 0 Å². The maximum absolute atomic E-state index is 11.8. The molecule has 1 aromatic heterocycles. The summed E-state index contributed by atoms with van der Waals surface area (Å²) in [5.74, 6) is -0.144. The van der Waals surface area contributed by atoms with Crippen LogP contribution < -0.4 is 5.32 Å². The average Bonchev–Trinajstić information content (AvgIpc) is 2.92. The normalized spacial score (nSPS) is 12.6. The van der Waals surface area contributed by atoms with Gasteiger partial charge in [0, 0.05) is 6.08 Å². The molecule has 1 atom stereocenters. The zero-order valence-corrected chi connectivity index (χ0v) is 13.1. The number of amides is 1. The van der Waals surface area contributed by atoms with Crippen LogP contribution in [-0.2, 0) is 4.79 Å². The number of nitrogens with one attached hydrogen (secondary N) is 1. The van der Waals surface area contributed by atoms with E-state index in [0.29, 0.717) is 10.0 Å². The Morgan fingerprint density at radius 3 is 2.75 bits per heavy atom. The van der Waals surface area contributed by atoms with Crippen molar-refractivity contribution in [3.63, 3.8) is 0 Å². The van der Waals surface area contributed by atoms with Crippen LogP contribution in [0.15, 0.2) is 41.1 Å². The largest absolute Gasteiger partial charge is 0.346 e. The number of rotatable bonds is 4. The molecule has 104 valence electrons. The maximum atomic E-state index is 11.8. The molecule has 0 bridgehead atoms. The van der Waals surface area contributed by atoms with Crippen molar-refractivity contribution in [1.29, 1.82) is 0 Å². The third kappa shape index (κ3) is 4.10. The van der Waals surface area contributed by atoms with Crippen LogP contribution in [0, 0.1) is 0 Å². The smallest absolute Gasteiger partial charge is 0.244 e. The first kappa shape index (κ1) is 15.1. The molecule has 1 aromatic carbocycles. The lowest BCUT2D eigenvalue weighted by Gasteiger charge is -2.13. The van der Waals surface area contributed by atoms with Gasteiger partial charge >= 0.3 is 0 Å². The van der Waals surface area contributed by atoms with E-state index in [4.69, 9.17) is 23.2 Å². The minimum Gasteiger partial charge on any atom is -0.346 e. The van der Waals surface area contributed by atoms with Gasteiger partial charge in [-0.2, -0.15) is 11.3 Å². The molecule has 0 aliphatic carbocycles. The second kappa shape index (κ2) is 6.93. The summed E-state index contributed by atoms with van der Waals surface area (Å²) in [7, 11) is 0. The summed E-state index contributed by atoms with van der Waals surface area (Å²) in [6.07, 6.45) is 3.31. The fourth-order valence-corrected chi connectivity index (χ4v) is 2.60. The van der Waals surface area contributed by atoms with Crippen molar-refractivity contribution < 1.29 is 4.79 Å². The Labute approximate surface area is 132 Å². The molecule has 0 saturated heterocycles. The van der Waals surface area contributed by atoms with Gasteiger partial charge in [-0.25, -0.2) is 0 Å². The predicted molar refractivity (Wildman–Crippen MR) is 86.4 cm³/mol. The van der Waals surface area contributed by atoms with Crippen LogP contribution in [0.4, 0.5) is 0 Å². The molecule has 0 radical (unpaired) electrons. The molecule has 1 unspecified atom stereocenters. The topological polar surface area (TPSA) is 29.1 Å². The molecule has 1 heterocycles. The Kier molecular flexibility index (Phi) is 5.24. The minimum absolute atomic E-state index is 0.135.